The number of aromatic nitrogens is 3. The summed E-state index contributed by atoms with van der Waals surface area (Å²) in [5.41, 5.74) is 2.47. The van der Waals surface area contributed by atoms with Gasteiger partial charge in [0.25, 0.3) is 0 Å². The average Bonchev–Trinajstić information content (AvgIpc) is 3.12. The Morgan fingerprint density at radius 2 is 1.77 bits per heavy atom. The number of nitrogens with zero attached hydrogens (tertiary/aromatic N) is 3. The Bertz CT molecular complexity index is 1240. The lowest BCUT2D eigenvalue weighted by molar-refractivity contribution is 0.340. The molecule has 2 aromatic carbocycles. The van der Waals surface area contributed by atoms with Crippen LogP contribution in [0.4, 0.5) is 0 Å². The average molecular weight is 423 g/mol. The summed E-state index contributed by atoms with van der Waals surface area (Å²) < 4.78 is 35.3. The lowest BCUT2D eigenvalue weighted by Gasteiger charge is -2.11. The molecule has 0 saturated heterocycles. The fraction of sp³-hybridized carbons (Fsp3) is 0.182. The van der Waals surface area contributed by atoms with Gasteiger partial charge < -0.3 is 9.30 Å². The van der Waals surface area contributed by atoms with Gasteiger partial charge in [-0.15, -0.1) is 0 Å². The second kappa shape index (κ2) is 8.64. The highest BCUT2D eigenvalue weighted by Gasteiger charge is 2.17. The summed E-state index contributed by atoms with van der Waals surface area (Å²) in [4.78, 5) is 9.27. The van der Waals surface area contributed by atoms with E-state index >= 15 is 0 Å². The standard InChI is InChI=1S/C22H22N4O3S/c1-2-29-18-12-10-17(11-13-18)16-26-21(25-20-9-6-14-23-22(20)26)15-24-30(27,28)19-7-4-3-5-8-19/h3-14,24H,2,15-16H2,1H3. The SMILES string of the molecule is CCOc1ccc(Cn2c(CNS(=O)(=O)c3ccccc3)nc3cccnc32)cc1. The molecule has 4 aromatic rings. The number of pyridine rings is 1. The predicted molar refractivity (Wildman–Crippen MR) is 115 cm³/mol. The van der Waals surface area contributed by atoms with E-state index in [2.05, 4.69) is 14.7 Å². The highest BCUT2D eigenvalue weighted by atomic mass is 32.2. The van der Waals surface area contributed by atoms with Crippen LogP contribution in [0.3, 0.4) is 0 Å². The quantitative estimate of drug-likeness (QED) is 0.471. The van der Waals surface area contributed by atoms with E-state index in [1.807, 2.05) is 47.9 Å². The predicted octanol–water partition coefficient (Wildman–Crippen LogP) is 3.36. The van der Waals surface area contributed by atoms with E-state index in [4.69, 9.17) is 4.74 Å². The Labute approximate surface area is 175 Å². The van der Waals surface area contributed by atoms with Gasteiger partial charge in [0.1, 0.15) is 17.1 Å². The van der Waals surface area contributed by atoms with Crippen LogP contribution >= 0.6 is 0 Å². The maximum Gasteiger partial charge on any atom is 0.240 e. The van der Waals surface area contributed by atoms with Crippen molar-refractivity contribution in [3.05, 3.63) is 84.3 Å². The zero-order valence-electron chi connectivity index (χ0n) is 16.5. The van der Waals surface area contributed by atoms with Crippen LogP contribution in [0.25, 0.3) is 11.2 Å². The monoisotopic (exact) mass is 422 g/mol. The molecule has 0 saturated carbocycles. The number of hydrogen-bond acceptors (Lipinski definition) is 5. The number of sulfonamides is 1. The van der Waals surface area contributed by atoms with Gasteiger partial charge in [-0.2, -0.15) is 0 Å². The summed E-state index contributed by atoms with van der Waals surface area (Å²) in [7, 11) is -3.64. The molecule has 0 atom stereocenters. The van der Waals surface area contributed by atoms with Crippen LogP contribution < -0.4 is 9.46 Å². The molecule has 0 bridgehead atoms. The third-order valence-electron chi connectivity index (χ3n) is 4.63. The Hall–Kier alpha value is -3.23. The molecule has 2 heterocycles. The molecule has 0 aliphatic rings. The third kappa shape index (κ3) is 4.34. The second-order valence-electron chi connectivity index (χ2n) is 6.67. The molecule has 0 aliphatic carbocycles. The van der Waals surface area contributed by atoms with Crippen molar-refractivity contribution >= 4 is 21.2 Å². The van der Waals surface area contributed by atoms with Crippen molar-refractivity contribution < 1.29 is 13.2 Å². The molecule has 7 nitrogen and oxygen atoms in total. The first kappa shape index (κ1) is 20.1. The van der Waals surface area contributed by atoms with Crippen molar-refractivity contribution in [1.29, 1.82) is 0 Å². The summed E-state index contributed by atoms with van der Waals surface area (Å²) in [5.74, 6) is 1.41. The molecule has 30 heavy (non-hydrogen) atoms. The lowest BCUT2D eigenvalue weighted by Crippen LogP contribution is -2.25. The molecule has 1 N–H and O–H groups in total. The zero-order chi connectivity index (χ0) is 21.0. The number of fused-ring (bicyclic) bond motifs is 1. The van der Waals surface area contributed by atoms with Gasteiger partial charge in [-0.05, 0) is 48.9 Å². The lowest BCUT2D eigenvalue weighted by atomic mass is 10.2. The van der Waals surface area contributed by atoms with Crippen LogP contribution in [0.1, 0.15) is 18.3 Å². The van der Waals surface area contributed by atoms with Gasteiger partial charge in [0, 0.05) is 6.20 Å². The first-order chi connectivity index (χ1) is 14.6. The number of imidazole rings is 1. The van der Waals surface area contributed by atoms with Crippen LogP contribution in [0, 0.1) is 0 Å². The van der Waals surface area contributed by atoms with Gasteiger partial charge in [0.05, 0.1) is 24.6 Å². The molecule has 0 spiro atoms. The van der Waals surface area contributed by atoms with Crippen molar-refractivity contribution in [2.75, 3.05) is 6.61 Å². The number of ether oxygens (including phenoxy) is 1. The minimum Gasteiger partial charge on any atom is -0.494 e. The van der Waals surface area contributed by atoms with E-state index in [-0.39, 0.29) is 11.4 Å². The van der Waals surface area contributed by atoms with Crippen LogP contribution in [0.2, 0.25) is 0 Å². The van der Waals surface area contributed by atoms with E-state index in [1.54, 1.807) is 36.5 Å². The summed E-state index contributed by atoms with van der Waals surface area (Å²) in [6.45, 7) is 3.13. The van der Waals surface area contributed by atoms with Gasteiger partial charge >= 0.3 is 0 Å². The molecule has 0 unspecified atom stereocenters. The Morgan fingerprint density at radius 1 is 1.00 bits per heavy atom. The maximum absolute atomic E-state index is 12.6. The van der Waals surface area contributed by atoms with E-state index in [0.717, 1.165) is 16.8 Å². The fourth-order valence-electron chi connectivity index (χ4n) is 3.19. The van der Waals surface area contributed by atoms with E-state index < -0.39 is 10.0 Å². The molecule has 4 rings (SSSR count). The van der Waals surface area contributed by atoms with Crippen molar-refractivity contribution in [3.63, 3.8) is 0 Å². The Morgan fingerprint density at radius 3 is 2.50 bits per heavy atom. The molecule has 0 amide bonds. The molecule has 154 valence electrons. The molecule has 8 heteroatoms. The number of benzene rings is 2. The van der Waals surface area contributed by atoms with E-state index in [1.165, 1.54) is 0 Å². The summed E-state index contributed by atoms with van der Waals surface area (Å²) in [6, 6.07) is 19.8. The van der Waals surface area contributed by atoms with Gasteiger partial charge in [0.15, 0.2) is 5.65 Å². The fourth-order valence-corrected chi connectivity index (χ4v) is 4.19. The van der Waals surface area contributed by atoms with Crippen molar-refractivity contribution in [2.45, 2.75) is 24.9 Å². The third-order valence-corrected chi connectivity index (χ3v) is 6.05. The van der Waals surface area contributed by atoms with Crippen molar-refractivity contribution in [2.24, 2.45) is 0 Å². The van der Waals surface area contributed by atoms with Crippen LogP contribution in [0.5, 0.6) is 5.75 Å². The van der Waals surface area contributed by atoms with Gasteiger partial charge in [-0.25, -0.2) is 23.1 Å². The zero-order valence-corrected chi connectivity index (χ0v) is 17.3. The first-order valence-corrected chi connectivity index (χ1v) is 11.1. The number of nitrogens with one attached hydrogen (secondary N) is 1. The van der Waals surface area contributed by atoms with Crippen molar-refractivity contribution in [3.8, 4) is 5.75 Å². The van der Waals surface area contributed by atoms with E-state index in [0.29, 0.717) is 24.6 Å². The Balaban J connectivity index is 1.62. The number of hydrogen-bond donors (Lipinski definition) is 1. The molecular formula is C22H22N4O3S. The summed E-state index contributed by atoms with van der Waals surface area (Å²) in [5, 5.41) is 0. The highest BCUT2D eigenvalue weighted by Crippen LogP contribution is 2.19. The van der Waals surface area contributed by atoms with E-state index in [9.17, 15) is 8.42 Å². The smallest absolute Gasteiger partial charge is 0.240 e. The van der Waals surface area contributed by atoms with Gasteiger partial charge in [-0.3, -0.25) is 0 Å². The summed E-state index contributed by atoms with van der Waals surface area (Å²) >= 11 is 0. The van der Waals surface area contributed by atoms with Crippen LogP contribution in [0.15, 0.2) is 77.8 Å². The van der Waals surface area contributed by atoms with Crippen LogP contribution in [-0.2, 0) is 23.1 Å². The van der Waals surface area contributed by atoms with Crippen LogP contribution in [-0.4, -0.2) is 29.6 Å². The topological polar surface area (TPSA) is 86.1 Å². The minimum absolute atomic E-state index is 0.0601. The van der Waals surface area contributed by atoms with Gasteiger partial charge in [-0.1, -0.05) is 30.3 Å². The molecule has 0 radical (unpaired) electrons. The summed E-state index contributed by atoms with van der Waals surface area (Å²) in [6.07, 6.45) is 1.70. The molecule has 0 aliphatic heterocycles. The second-order valence-corrected chi connectivity index (χ2v) is 8.44. The number of rotatable bonds is 8. The minimum atomic E-state index is -3.64. The molecule has 2 aromatic heterocycles. The first-order valence-electron chi connectivity index (χ1n) is 9.63. The molecular weight excluding hydrogens is 400 g/mol. The maximum atomic E-state index is 12.6. The van der Waals surface area contributed by atoms with Gasteiger partial charge in [0.2, 0.25) is 10.0 Å². The molecule has 0 fully saturated rings. The normalized spacial score (nSPS) is 11.6. The highest BCUT2D eigenvalue weighted by molar-refractivity contribution is 7.89. The largest absolute Gasteiger partial charge is 0.494 e. The van der Waals surface area contributed by atoms with Crippen molar-refractivity contribution in [1.82, 2.24) is 19.3 Å². The Kier molecular flexibility index (Phi) is 5.78.